The van der Waals surface area contributed by atoms with Gasteiger partial charge in [-0.25, -0.2) is 0 Å². The fraction of sp³-hybridized carbons (Fsp3) is 0.471. The molecule has 0 aliphatic carbocycles. The zero-order valence-corrected chi connectivity index (χ0v) is 14.7. The van der Waals surface area contributed by atoms with Crippen LogP contribution in [0.15, 0.2) is 34.8 Å². The van der Waals surface area contributed by atoms with Crippen LogP contribution in [0.25, 0.3) is 0 Å². The summed E-state index contributed by atoms with van der Waals surface area (Å²) < 4.78 is 3.32. The van der Waals surface area contributed by atoms with Gasteiger partial charge < -0.3 is 5.32 Å². The lowest BCUT2D eigenvalue weighted by Crippen LogP contribution is -2.17. The van der Waals surface area contributed by atoms with Crippen molar-refractivity contribution in [1.82, 2.24) is 15.1 Å². The molecule has 1 unspecified atom stereocenters. The van der Waals surface area contributed by atoms with Crippen molar-refractivity contribution in [3.05, 3.63) is 51.8 Å². The lowest BCUT2D eigenvalue weighted by atomic mass is 10.0. The Balaban J connectivity index is 2.13. The van der Waals surface area contributed by atoms with E-state index in [1.807, 2.05) is 7.05 Å². The summed E-state index contributed by atoms with van der Waals surface area (Å²) in [6, 6.07) is 11.0. The van der Waals surface area contributed by atoms with E-state index in [0.717, 1.165) is 31.5 Å². The first kappa shape index (κ1) is 16.2. The molecule has 0 bridgehead atoms. The average molecular weight is 350 g/mol. The number of rotatable bonds is 7. The van der Waals surface area contributed by atoms with Crippen molar-refractivity contribution in [2.75, 3.05) is 7.05 Å². The highest BCUT2D eigenvalue weighted by atomic mass is 79.9. The molecule has 2 aromatic rings. The van der Waals surface area contributed by atoms with Gasteiger partial charge >= 0.3 is 0 Å². The highest BCUT2D eigenvalue weighted by molar-refractivity contribution is 9.10. The first-order valence-electron chi connectivity index (χ1n) is 7.67. The van der Waals surface area contributed by atoms with Gasteiger partial charge in [-0.05, 0) is 54.7 Å². The largest absolute Gasteiger partial charge is 0.313 e. The maximum atomic E-state index is 4.67. The van der Waals surface area contributed by atoms with E-state index in [-0.39, 0.29) is 0 Å². The Bertz CT molecular complexity index is 563. The topological polar surface area (TPSA) is 29.9 Å². The molecule has 2 rings (SSSR count). The van der Waals surface area contributed by atoms with Gasteiger partial charge in [-0.3, -0.25) is 4.68 Å². The maximum Gasteiger partial charge on any atom is 0.0766 e. The van der Waals surface area contributed by atoms with Crippen LogP contribution in [0.5, 0.6) is 0 Å². The standard InChI is InChI=1S/C17H24BrN3/c1-4-14-17(18)16(21(5-2)20-14)12-11-15(19-3)13-9-7-6-8-10-13/h6-10,15,19H,4-5,11-12H2,1-3H3. The van der Waals surface area contributed by atoms with Crippen LogP contribution >= 0.6 is 15.9 Å². The Morgan fingerprint density at radius 1 is 1.24 bits per heavy atom. The minimum absolute atomic E-state index is 0.378. The summed E-state index contributed by atoms with van der Waals surface area (Å²) in [5.74, 6) is 0. The molecule has 0 saturated carbocycles. The van der Waals surface area contributed by atoms with Crippen molar-refractivity contribution >= 4 is 15.9 Å². The second-order valence-electron chi connectivity index (χ2n) is 5.17. The van der Waals surface area contributed by atoms with Gasteiger partial charge in [-0.15, -0.1) is 0 Å². The molecule has 114 valence electrons. The van der Waals surface area contributed by atoms with E-state index in [1.165, 1.54) is 15.7 Å². The van der Waals surface area contributed by atoms with Crippen molar-refractivity contribution in [2.45, 2.75) is 45.7 Å². The molecular formula is C17H24BrN3. The van der Waals surface area contributed by atoms with E-state index in [9.17, 15) is 0 Å². The van der Waals surface area contributed by atoms with Crippen LogP contribution in [0.3, 0.4) is 0 Å². The predicted octanol–water partition coefficient (Wildman–Crippen LogP) is 4.12. The van der Waals surface area contributed by atoms with E-state index >= 15 is 0 Å². The molecule has 0 aliphatic heterocycles. The summed E-state index contributed by atoms with van der Waals surface area (Å²) in [5.41, 5.74) is 3.81. The molecule has 1 aromatic carbocycles. The van der Waals surface area contributed by atoms with Crippen molar-refractivity contribution in [3.63, 3.8) is 0 Å². The third kappa shape index (κ3) is 3.74. The molecule has 21 heavy (non-hydrogen) atoms. The van der Waals surface area contributed by atoms with Crippen LogP contribution in [-0.4, -0.2) is 16.8 Å². The van der Waals surface area contributed by atoms with E-state index in [0.29, 0.717) is 6.04 Å². The lowest BCUT2D eigenvalue weighted by molar-refractivity contribution is 0.525. The minimum Gasteiger partial charge on any atom is -0.313 e. The molecule has 0 aliphatic rings. The first-order valence-corrected chi connectivity index (χ1v) is 8.46. The van der Waals surface area contributed by atoms with E-state index in [1.54, 1.807) is 0 Å². The SMILES string of the molecule is CCc1nn(CC)c(CCC(NC)c2ccccc2)c1Br. The van der Waals surface area contributed by atoms with Crippen molar-refractivity contribution < 1.29 is 0 Å². The highest BCUT2D eigenvalue weighted by Crippen LogP contribution is 2.26. The number of hydrogen-bond acceptors (Lipinski definition) is 2. The van der Waals surface area contributed by atoms with Crippen molar-refractivity contribution in [1.29, 1.82) is 0 Å². The van der Waals surface area contributed by atoms with E-state index in [2.05, 4.69) is 75.2 Å². The number of nitrogens with one attached hydrogen (secondary N) is 1. The quantitative estimate of drug-likeness (QED) is 0.814. The van der Waals surface area contributed by atoms with E-state index < -0.39 is 0 Å². The Labute approximate surface area is 135 Å². The maximum absolute atomic E-state index is 4.67. The number of aromatic nitrogens is 2. The third-order valence-electron chi connectivity index (χ3n) is 3.91. The number of benzene rings is 1. The van der Waals surface area contributed by atoms with Gasteiger partial charge in [0.2, 0.25) is 0 Å². The molecule has 1 atom stereocenters. The zero-order chi connectivity index (χ0) is 15.2. The fourth-order valence-electron chi connectivity index (χ4n) is 2.70. The summed E-state index contributed by atoms with van der Waals surface area (Å²) in [5, 5.41) is 8.09. The van der Waals surface area contributed by atoms with Gasteiger partial charge in [-0.2, -0.15) is 5.10 Å². The second kappa shape index (κ2) is 7.76. The summed E-state index contributed by atoms with van der Waals surface area (Å²) in [6.45, 7) is 5.22. The van der Waals surface area contributed by atoms with Gasteiger partial charge in [0.1, 0.15) is 0 Å². The number of aryl methyl sites for hydroxylation is 2. The lowest BCUT2D eigenvalue weighted by Gasteiger charge is -2.17. The molecule has 0 fully saturated rings. The normalized spacial score (nSPS) is 12.6. The predicted molar refractivity (Wildman–Crippen MR) is 91.5 cm³/mol. The second-order valence-corrected chi connectivity index (χ2v) is 5.96. The van der Waals surface area contributed by atoms with Crippen molar-refractivity contribution in [2.24, 2.45) is 0 Å². The molecule has 0 amide bonds. The van der Waals surface area contributed by atoms with Gasteiger partial charge in [0.25, 0.3) is 0 Å². The van der Waals surface area contributed by atoms with Crippen molar-refractivity contribution in [3.8, 4) is 0 Å². The Morgan fingerprint density at radius 2 is 1.95 bits per heavy atom. The molecule has 1 N–H and O–H groups in total. The van der Waals surface area contributed by atoms with Crippen LogP contribution in [0.4, 0.5) is 0 Å². The third-order valence-corrected chi connectivity index (χ3v) is 4.83. The number of nitrogens with zero attached hydrogens (tertiary/aromatic N) is 2. The summed E-state index contributed by atoms with van der Waals surface area (Å²) in [6.07, 6.45) is 3.05. The van der Waals surface area contributed by atoms with Crippen LogP contribution in [0.2, 0.25) is 0 Å². The molecule has 1 aromatic heterocycles. The minimum atomic E-state index is 0.378. The molecular weight excluding hydrogens is 326 g/mol. The first-order chi connectivity index (χ1) is 10.2. The van der Waals surface area contributed by atoms with Crippen LogP contribution in [-0.2, 0) is 19.4 Å². The molecule has 0 saturated heterocycles. The van der Waals surface area contributed by atoms with Crippen LogP contribution < -0.4 is 5.32 Å². The smallest absolute Gasteiger partial charge is 0.0766 e. The molecule has 1 heterocycles. The summed E-state index contributed by atoms with van der Waals surface area (Å²) >= 11 is 3.73. The Kier molecular flexibility index (Phi) is 6.00. The van der Waals surface area contributed by atoms with Crippen LogP contribution in [0.1, 0.15) is 43.3 Å². The Hall–Kier alpha value is -1.13. The van der Waals surface area contributed by atoms with E-state index in [4.69, 9.17) is 0 Å². The van der Waals surface area contributed by atoms with Gasteiger partial charge in [-0.1, -0.05) is 37.3 Å². The average Bonchev–Trinajstić information content (AvgIpc) is 2.84. The Morgan fingerprint density at radius 3 is 2.52 bits per heavy atom. The summed E-state index contributed by atoms with van der Waals surface area (Å²) in [7, 11) is 2.03. The monoisotopic (exact) mass is 349 g/mol. The van der Waals surface area contributed by atoms with Gasteiger partial charge in [0.15, 0.2) is 0 Å². The highest BCUT2D eigenvalue weighted by Gasteiger charge is 2.16. The molecule has 3 nitrogen and oxygen atoms in total. The summed E-state index contributed by atoms with van der Waals surface area (Å²) in [4.78, 5) is 0. The zero-order valence-electron chi connectivity index (χ0n) is 13.1. The van der Waals surface area contributed by atoms with Gasteiger partial charge in [0.05, 0.1) is 15.9 Å². The fourth-order valence-corrected chi connectivity index (χ4v) is 3.46. The molecule has 0 spiro atoms. The number of halogens is 1. The van der Waals surface area contributed by atoms with Gasteiger partial charge in [0, 0.05) is 12.6 Å². The number of hydrogen-bond donors (Lipinski definition) is 1. The molecule has 0 radical (unpaired) electrons. The molecule has 4 heteroatoms. The van der Waals surface area contributed by atoms with Crippen LogP contribution in [0, 0.1) is 0 Å².